The molecule has 1 aromatic carbocycles. The highest BCUT2D eigenvalue weighted by molar-refractivity contribution is 6.30. The Labute approximate surface area is 121 Å². The summed E-state index contributed by atoms with van der Waals surface area (Å²) in [5.74, 6) is -0.653. The molecule has 2 rings (SSSR count). The molecule has 0 spiro atoms. The monoisotopic (exact) mass is 308 g/mol. The van der Waals surface area contributed by atoms with Crippen LogP contribution < -0.4 is 10.6 Å². The summed E-state index contributed by atoms with van der Waals surface area (Å²) < 4.78 is 12.9. The molecule has 7 heteroatoms. The summed E-state index contributed by atoms with van der Waals surface area (Å²) in [5, 5.41) is 15.0. The molecule has 0 radical (unpaired) electrons. The third-order valence-electron chi connectivity index (χ3n) is 2.87. The van der Waals surface area contributed by atoms with Crippen molar-refractivity contribution < 1.29 is 14.3 Å². The average Bonchev–Trinajstić information content (AvgIpc) is 2.77. The van der Waals surface area contributed by atoms with Crippen molar-refractivity contribution in [2.45, 2.75) is 25.1 Å². The predicted molar refractivity (Wildman–Crippen MR) is 72.9 cm³/mol. The molecule has 4 nitrogen and oxygen atoms in total. The lowest BCUT2D eigenvalue weighted by molar-refractivity contribution is -0.123. The van der Waals surface area contributed by atoms with E-state index in [0.29, 0.717) is 13.0 Å². The lowest BCUT2D eigenvalue weighted by atomic mass is 10.2. The van der Waals surface area contributed by atoms with E-state index in [-0.39, 0.29) is 35.9 Å². The second-order valence-corrected chi connectivity index (χ2v) is 4.72. The van der Waals surface area contributed by atoms with Crippen LogP contribution in [0.25, 0.3) is 0 Å². The minimum absolute atomic E-state index is 0. The smallest absolute Gasteiger partial charge is 0.237 e. The number of benzene rings is 1. The standard InChI is InChI=1S/C12H14ClFN2O2.ClH/c13-9-3-7(1-2-10(9)14)5-16-12(18)11-4-8(17)6-15-11;/h1-3,8,11,15,17H,4-6H2,(H,16,18);1H. The highest BCUT2D eigenvalue weighted by atomic mass is 35.5. The van der Waals surface area contributed by atoms with E-state index < -0.39 is 11.9 Å². The molecule has 1 aromatic rings. The maximum absolute atomic E-state index is 12.9. The molecule has 1 saturated heterocycles. The van der Waals surface area contributed by atoms with Crippen molar-refractivity contribution in [3.63, 3.8) is 0 Å². The van der Waals surface area contributed by atoms with E-state index in [1.54, 1.807) is 6.07 Å². The van der Waals surface area contributed by atoms with E-state index in [9.17, 15) is 14.3 Å². The summed E-state index contributed by atoms with van der Waals surface area (Å²) in [4.78, 5) is 11.7. The van der Waals surface area contributed by atoms with Gasteiger partial charge in [0.2, 0.25) is 5.91 Å². The lowest BCUT2D eigenvalue weighted by Crippen LogP contribution is -2.40. The third-order valence-corrected chi connectivity index (χ3v) is 3.16. The normalized spacial score (nSPS) is 21.8. The quantitative estimate of drug-likeness (QED) is 0.787. The molecule has 2 atom stereocenters. The van der Waals surface area contributed by atoms with Gasteiger partial charge in [-0.05, 0) is 24.1 Å². The Bertz CT molecular complexity index is 459. The Morgan fingerprint density at radius 2 is 2.32 bits per heavy atom. The van der Waals surface area contributed by atoms with Gasteiger partial charge < -0.3 is 15.7 Å². The Hall–Kier alpha value is -0.880. The van der Waals surface area contributed by atoms with Crippen LogP contribution in [0.1, 0.15) is 12.0 Å². The molecule has 3 N–H and O–H groups in total. The zero-order valence-corrected chi connectivity index (χ0v) is 11.6. The fraction of sp³-hybridized carbons (Fsp3) is 0.417. The third kappa shape index (κ3) is 4.31. The van der Waals surface area contributed by atoms with Gasteiger partial charge in [-0.1, -0.05) is 17.7 Å². The van der Waals surface area contributed by atoms with Crippen LogP contribution in [0.2, 0.25) is 5.02 Å². The fourth-order valence-electron chi connectivity index (χ4n) is 1.88. The first-order valence-corrected chi connectivity index (χ1v) is 6.07. The molecule has 0 bridgehead atoms. The molecule has 2 unspecified atom stereocenters. The van der Waals surface area contributed by atoms with Crippen LogP contribution in [-0.2, 0) is 11.3 Å². The Morgan fingerprint density at radius 1 is 1.58 bits per heavy atom. The summed E-state index contributed by atoms with van der Waals surface area (Å²) in [6, 6.07) is 3.95. The summed E-state index contributed by atoms with van der Waals surface area (Å²) in [7, 11) is 0. The van der Waals surface area contributed by atoms with Gasteiger partial charge in [-0.2, -0.15) is 0 Å². The summed E-state index contributed by atoms with van der Waals surface area (Å²) in [6.45, 7) is 0.716. The number of carbonyl (C=O) groups excluding carboxylic acids is 1. The van der Waals surface area contributed by atoms with Gasteiger partial charge in [-0.3, -0.25) is 4.79 Å². The first-order chi connectivity index (χ1) is 8.56. The van der Waals surface area contributed by atoms with Gasteiger partial charge in [0.05, 0.1) is 17.2 Å². The van der Waals surface area contributed by atoms with Crippen LogP contribution in [-0.4, -0.2) is 29.7 Å². The first-order valence-electron chi connectivity index (χ1n) is 5.69. The van der Waals surface area contributed by atoms with Crippen LogP contribution in [0, 0.1) is 5.82 Å². The van der Waals surface area contributed by atoms with Crippen molar-refractivity contribution >= 4 is 29.9 Å². The van der Waals surface area contributed by atoms with Gasteiger partial charge in [0, 0.05) is 13.1 Å². The maximum atomic E-state index is 12.9. The van der Waals surface area contributed by atoms with Crippen LogP contribution in [0.15, 0.2) is 18.2 Å². The Balaban J connectivity index is 0.00000180. The van der Waals surface area contributed by atoms with Crippen molar-refractivity contribution in [3.05, 3.63) is 34.6 Å². The number of hydrogen-bond donors (Lipinski definition) is 3. The molecular weight excluding hydrogens is 294 g/mol. The summed E-state index contributed by atoms with van der Waals surface area (Å²) >= 11 is 5.64. The van der Waals surface area contributed by atoms with Crippen LogP contribution in [0.3, 0.4) is 0 Å². The topological polar surface area (TPSA) is 61.4 Å². The molecule has 1 heterocycles. The average molecular weight is 309 g/mol. The zero-order valence-electron chi connectivity index (χ0n) is 10.0. The second kappa shape index (κ2) is 7.05. The van der Waals surface area contributed by atoms with Crippen molar-refractivity contribution in [2.24, 2.45) is 0 Å². The highest BCUT2D eigenvalue weighted by Gasteiger charge is 2.27. The van der Waals surface area contributed by atoms with Gasteiger partial charge >= 0.3 is 0 Å². The van der Waals surface area contributed by atoms with Crippen molar-refractivity contribution in [2.75, 3.05) is 6.54 Å². The van der Waals surface area contributed by atoms with Crippen LogP contribution in [0.5, 0.6) is 0 Å². The number of nitrogens with one attached hydrogen (secondary N) is 2. The minimum atomic E-state index is -0.479. The SMILES string of the molecule is Cl.O=C(NCc1ccc(F)c(Cl)c1)C1CC(O)CN1. The number of halogens is 3. The van der Waals surface area contributed by atoms with Crippen molar-refractivity contribution in [3.8, 4) is 0 Å². The van der Waals surface area contributed by atoms with E-state index in [0.717, 1.165) is 5.56 Å². The van der Waals surface area contributed by atoms with E-state index >= 15 is 0 Å². The molecule has 1 aliphatic rings. The zero-order chi connectivity index (χ0) is 13.1. The van der Waals surface area contributed by atoms with E-state index in [1.165, 1.54) is 12.1 Å². The number of rotatable bonds is 3. The van der Waals surface area contributed by atoms with Gasteiger partial charge in [0.25, 0.3) is 0 Å². The number of hydrogen-bond acceptors (Lipinski definition) is 3. The first kappa shape index (κ1) is 16.2. The molecule has 0 aromatic heterocycles. The minimum Gasteiger partial charge on any atom is -0.392 e. The molecular formula is C12H15Cl2FN2O2. The lowest BCUT2D eigenvalue weighted by Gasteiger charge is -2.11. The molecule has 1 fully saturated rings. The highest BCUT2D eigenvalue weighted by Crippen LogP contribution is 2.16. The fourth-order valence-corrected chi connectivity index (χ4v) is 2.08. The van der Waals surface area contributed by atoms with Crippen molar-refractivity contribution in [1.82, 2.24) is 10.6 Å². The number of carbonyl (C=O) groups is 1. The van der Waals surface area contributed by atoms with E-state index in [4.69, 9.17) is 11.6 Å². The molecule has 106 valence electrons. The molecule has 1 aliphatic heterocycles. The van der Waals surface area contributed by atoms with Gasteiger partial charge in [0.15, 0.2) is 0 Å². The number of aliphatic hydroxyl groups excluding tert-OH is 1. The summed E-state index contributed by atoms with van der Waals surface area (Å²) in [6.07, 6.45) is -0.0586. The van der Waals surface area contributed by atoms with Crippen molar-refractivity contribution in [1.29, 1.82) is 0 Å². The molecule has 0 aliphatic carbocycles. The number of β-amino-alcohol motifs (C(OH)–C–C–N with tert-alkyl or cyclic N) is 1. The van der Waals surface area contributed by atoms with Crippen LogP contribution >= 0.6 is 24.0 Å². The Kier molecular flexibility index (Phi) is 6.00. The predicted octanol–water partition coefficient (Wildman–Crippen LogP) is 1.24. The molecule has 1 amide bonds. The number of aliphatic hydroxyl groups is 1. The van der Waals surface area contributed by atoms with Gasteiger partial charge in [-0.15, -0.1) is 12.4 Å². The van der Waals surface area contributed by atoms with Crippen LogP contribution in [0.4, 0.5) is 4.39 Å². The maximum Gasteiger partial charge on any atom is 0.237 e. The summed E-state index contributed by atoms with van der Waals surface area (Å²) in [5.41, 5.74) is 0.730. The van der Waals surface area contributed by atoms with Gasteiger partial charge in [0.1, 0.15) is 5.82 Å². The molecule has 0 saturated carbocycles. The number of amides is 1. The second-order valence-electron chi connectivity index (χ2n) is 4.32. The largest absolute Gasteiger partial charge is 0.392 e. The van der Waals surface area contributed by atoms with Gasteiger partial charge in [-0.25, -0.2) is 4.39 Å². The van der Waals surface area contributed by atoms with E-state index in [1.807, 2.05) is 0 Å². The van der Waals surface area contributed by atoms with E-state index in [2.05, 4.69) is 10.6 Å². The molecule has 19 heavy (non-hydrogen) atoms. The Morgan fingerprint density at radius 3 is 2.89 bits per heavy atom.